The quantitative estimate of drug-likeness (QED) is 0.0205. The Morgan fingerprint density at radius 3 is 2.18 bits per heavy atom. The van der Waals surface area contributed by atoms with E-state index in [4.69, 9.17) is 26.4 Å². The zero-order valence-electron chi connectivity index (χ0n) is 38.0. The van der Waals surface area contributed by atoms with Crippen molar-refractivity contribution in [2.75, 3.05) is 45.2 Å². The fraction of sp³-hybridized carbons (Fsp3) is 0.628. The summed E-state index contributed by atoms with van der Waals surface area (Å²) in [5, 5.41) is 40.5. The average Bonchev–Trinajstić information content (AvgIpc) is 3.77. The van der Waals surface area contributed by atoms with E-state index in [9.17, 15) is 43.8 Å². The van der Waals surface area contributed by atoms with Crippen molar-refractivity contribution in [1.29, 1.82) is 5.41 Å². The summed E-state index contributed by atoms with van der Waals surface area (Å²) in [4.78, 5) is 90.7. The number of amides is 8. The van der Waals surface area contributed by atoms with Gasteiger partial charge in [-0.2, -0.15) is 0 Å². The Balaban J connectivity index is 1.57. The first-order chi connectivity index (χ1) is 30.6. The van der Waals surface area contributed by atoms with Crippen LogP contribution < -0.4 is 32.7 Å². The van der Waals surface area contributed by atoms with Gasteiger partial charge in [-0.25, -0.2) is 14.0 Å². The van der Waals surface area contributed by atoms with Gasteiger partial charge in [-0.15, -0.1) is 0 Å². The van der Waals surface area contributed by atoms with Crippen LogP contribution in [0.15, 0.2) is 36.4 Å². The molecular formula is C43H67FN10O11. The minimum Gasteiger partial charge on any atom is -0.445 e. The second-order valence-electron chi connectivity index (χ2n) is 17.2. The number of urea groups is 1. The lowest BCUT2D eigenvalue weighted by Crippen LogP contribution is -2.61. The third-order valence-electron chi connectivity index (χ3n) is 11.3. The highest BCUT2D eigenvalue weighted by atomic mass is 19.1. The summed E-state index contributed by atoms with van der Waals surface area (Å²) in [5.74, 6) is -4.04. The number of carbonyl (C=O) groups excluding carboxylic acids is 7. The number of primary amides is 1. The first kappa shape index (κ1) is 53.5. The van der Waals surface area contributed by atoms with Crippen molar-refractivity contribution in [1.82, 2.24) is 30.7 Å². The second kappa shape index (κ2) is 25.0. The van der Waals surface area contributed by atoms with E-state index < -0.39 is 77.9 Å². The topological polar surface area (TPSA) is 312 Å². The van der Waals surface area contributed by atoms with Crippen LogP contribution in [0, 0.1) is 17.2 Å². The number of likely N-dealkylation sites (tertiary alicyclic amines) is 1. The maximum Gasteiger partial charge on any atom is 0.410 e. The molecule has 0 aromatic heterocycles. The SMILES string of the molecule is COC(C)(C)C(C(=N)N)N(CC1CN(C(=O)OCc2ccc(NC(O)C(CCCNC(N)=O)NC(=O)C(NC(=O)CCCCCN3C(=O)C=CC3=O)C(C)C)cc2)CC1F)C(=O)C(C)O. The molecule has 2 aliphatic heterocycles. The van der Waals surface area contributed by atoms with E-state index in [1.54, 1.807) is 52.0 Å². The van der Waals surface area contributed by atoms with E-state index in [-0.39, 0.29) is 75.8 Å². The highest BCUT2D eigenvalue weighted by molar-refractivity contribution is 6.12. The number of aliphatic hydroxyl groups excluding tert-OH is 2. The summed E-state index contributed by atoms with van der Waals surface area (Å²) < 4.78 is 26.3. The minimum absolute atomic E-state index is 0.112. The molecule has 2 aliphatic rings. The Labute approximate surface area is 378 Å². The number of ether oxygens (including phenoxy) is 2. The molecule has 1 fully saturated rings. The number of rotatable bonds is 26. The molecule has 3 rings (SSSR count). The predicted molar refractivity (Wildman–Crippen MR) is 236 cm³/mol. The van der Waals surface area contributed by atoms with Crippen molar-refractivity contribution >= 4 is 53.2 Å². The number of methoxy groups -OCH3 is 1. The van der Waals surface area contributed by atoms with Crippen molar-refractivity contribution in [2.24, 2.45) is 23.3 Å². The fourth-order valence-electron chi connectivity index (χ4n) is 7.48. The van der Waals surface area contributed by atoms with Gasteiger partial charge in [-0.1, -0.05) is 32.4 Å². The molecule has 1 aromatic carbocycles. The first-order valence-corrected chi connectivity index (χ1v) is 21.7. The largest absolute Gasteiger partial charge is 0.445 e. The molecule has 1 aromatic rings. The van der Waals surface area contributed by atoms with Crippen LogP contribution in [-0.4, -0.2) is 154 Å². The number of amidine groups is 1. The van der Waals surface area contributed by atoms with Crippen LogP contribution in [0.4, 0.5) is 19.7 Å². The van der Waals surface area contributed by atoms with E-state index in [0.717, 1.165) is 9.80 Å². The molecule has 8 amide bonds. The number of hydrogen-bond acceptors (Lipinski definition) is 13. The molecule has 2 heterocycles. The predicted octanol–water partition coefficient (Wildman–Crippen LogP) is 0.822. The number of unbranched alkanes of at least 4 members (excludes halogenated alkanes) is 2. The number of imide groups is 1. The zero-order valence-corrected chi connectivity index (χ0v) is 38.0. The Morgan fingerprint density at radius 1 is 0.969 bits per heavy atom. The molecule has 22 heteroatoms. The number of anilines is 1. The van der Waals surface area contributed by atoms with Gasteiger partial charge in [0, 0.05) is 63.5 Å². The molecule has 21 nitrogen and oxygen atoms in total. The number of nitrogens with two attached hydrogens (primary N) is 2. The highest BCUT2D eigenvalue weighted by Gasteiger charge is 2.45. The minimum atomic E-state index is -1.56. The number of hydrogen-bond donors (Lipinski definition) is 9. The molecule has 0 aliphatic carbocycles. The number of nitrogens with one attached hydrogen (secondary N) is 5. The van der Waals surface area contributed by atoms with Gasteiger partial charge in [-0.05, 0) is 70.1 Å². The Kier molecular flexibility index (Phi) is 20.6. The lowest BCUT2D eigenvalue weighted by molar-refractivity contribution is -0.147. The van der Waals surface area contributed by atoms with Crippen LogP contribution in [0.3, 0.4) is 0 Å². The average molecular weight is 919 g/mol. The molecule has 362 valence electrons. The molecule has 65 heavy (non-hydrogen) atoms. The van der Waals surface area contributed by atoms with Gasteiger partial charge in [0.25, 0.3) is 17.7 Å². The zero-order chi connectivity index (χ0) is 48.6. The summed E-state index contributed by atoms with van der Waals surface area (Å²) in [5.41, 5.74) is 10.9. The summed E-state index contributed by atoms with van der Waals surface area (Å²) in [6.45, 7) is 7.53. The summed E-state index contributed by atoms with van der Waals surface area (Å²) in [6, 6.07) is 2.77. The van der Waals surface area contributed by atoms with Crippen LogP contribution in [0.1, 0.15) is 78.7 Å². The second-order valence-corrected chi connectivity index (χ2v) is 17.2. The molecule has 0 saturated carbocycles. The monoisotopic (exact) mass is 918 g/mol. The fourth-order valence-corrected chi connectivity index (χ4v) is 7.48. The Bertz CT molecular complexity index is 1850. The Morgan fingerprint density at radius 2 is 1.62 bits per heavy atom. The van der Waals surface area contributed by atoms with Crippen molar-refractivity contribution in [3.05, 3.63) is 42.0 Å². The maximum atomic E-state index is 15.4. The summed E-state index contributed by atoms with van der Waals surface area (Å²) >= 11 is 0. The van der Waals surface area contributed by atoms with E-state index >= 15 is 4.39 Å². The van der Waals surface area contributed by atoms with Crippen LogP contribution in [0.5, 0.6) is 0 Å². The van der Waals surface area contributed by atoms with Gasteiger partial charge in [-0.3, -0.25) is 34.3 Å². The van der Waals surface area contributed by atoms with E-state index in [0.29, 0.717) is 36.9 Å². The summed E-state index contributed by atoms with van der Waals surface area (Å²) in [6.07, 6.45) is -0.553. The molecule has 11 N–H and O–H groups in total. The molecule has 0 bridgehead atoms. The maximum absolute atomic E-state index is 15.4. The lowest BCUT2D eigenvalue weighted by atomic mass is 9.93. The number of alkyl halides is 1. The highest BCUT2D eigenvalue weighted by Crippen LogP contribution is 2.27. The van der Waals surface area contributed by atoms with Gasteiger partial charge < -0.3 is 62.2 Å². The number of nitrogens with zero attached hydrogens (tertiary/aromatic N) is 3. The molecule has 7 atom stereocenters. The molecular weight excluding hydrogens is 852 g/mol. The van der Waals surface area contributed by atoms with Gasteiger partial charge in [0.2, 0.25) is 11.8 Å². The van der Waals surface area contributed by atoms with Crippen molar-refractivity contribution in [3.63, 3.8) is 0 Å². The van der Waals surface area contributed by atoms with Gasteiger partial charge >= 0.3 is 12.1 Å². The van der Waals surface area contributed by atoms with Gasteiger partial charge in [0.1, 0.15) is 43.0 Å². The van der Waals surface area contributed by atoms with Crippen molar-refractivity contribution < 1.29 is 57.6 Å². The lowest BCUT2D eigenvalue weighted by Gasteiger charge is -2.42. The van der Waals surface area contributed by atoms with Crippen molar-refractivity contribution in [2.45, 2.75) is 122 Å². The number of halogens is 1. The van der Waals surface area contributed by atoms with Crippen LogP contribution in [-0.2, 0) is 40.1 Å². The molecule has 0 radical (unpaired) electrons. The molecule has 0 spiro atoms. The molecule has 1 saturated heterocycles. The summed E-state index contributed by atoms with van der Waals surface area (Å²) in [7, 11) is 1.38. The number of benzene rings is 1. The van der Waals surface area contributed by atoms with E-state index in [1.807, 2.05) is 0 Å². The van der Waals surface area contributed by atoms with E-state index in [2.05, 4.69) is 21.3 Å². The molecule has 7 unspecified atom stereocenters. The van der Waals surface area contributed by atoms with Gasteiger partial charge in [0.15, 0.2) is 0 Å². The smallest absolute Gasteiger partial charge is 0.410 e. The number of carbonyl (C=O) groups is 7. The van der Waals surface area contributed by atoms with Crippen molar-refractivity contribution in [3.8, 4) is 0 Å². The third-order valence-corrected chi connectivity index (χ3v) is 11.3. The standard InChI is InChI=1S/C43H67FN10O11/c1-25(2)35(51-32(56)12-8-7-9-20-53-33(57)17-18-34(53)58)39(60)50-31(11-10-19-48-41(47)62)38(59)49-29-15-13-27(14-16-29)24-65-42(63)52-21-28(30(44)23-52)22-54(40(61)26(3)55)36(37(45)46)43(4,5)64-6/h13-18,25-26,28,30-31,35-36,38,49,55,59H,7-12,19-24H2,1-6H3,(H3,45,46)(H,50,60)(H,51,56)(H3,47,48,62). The normalized spacial score (nSPS) is 18.4. The first-order valence-electron chi connectivity index (χ1n) is 21.7. The number of aliphatic hydroxyl groups is 2. The van der Waals surface area contributed by atoms with Crippen LogP contribution in [0.2, 0.25) is 0 Å². The van der Waals surface area contributed by atoms with Crippen LogP contribution >= 0.6 is 0 Å². The van der Waals surface area contributed by atoms with E-state index in [1.165, 1.54) is 31.1 Å². The van der Waals surface area contributed by atoms with Gasteiger partial charge in [0.05, 0.1) is 18.2 Å². The Hall–Kier alpha value is -5.87. The van der Waals surface area contributed by atoms with Crippen LogP contribution in [0.25, 0.3) is 0 Å². The third kappa shape index (κ3) is 16.3.